The van der Waals surface area contributed by atoms with Gasteiger partial charge in [-0.1, -0.05) is 6.42 Å². The Hall–Kier alpha value is -0.870. The summed E-state index contributed by atoms with van der Waals surface area (Å²) in [5.41, 5.74) is 0.894. The summed E-state index contributed by atoms with van der Waals surface area (Å²) in [5, 5.41) is 16.7. The van der Waals surface area contributed by atoms with E-state index in [0.717, 1.165) is 17.4 Å². The molecule has 19 heavy (non-hydrogen) atoms. The normalized spacial score (nSPS) is 30.5. The fourth-order valence-electron chi connectivity index (χ4n) is 3.73. The molecular formula is C15H21NO2S. The smallest absolute Gasteiger partial charge is 0.220 e. The van der Waals surface area contributed by atoms with Crippen LogP contribution in [-0.4, -0.2) is 17.6 Å². The number of aliphatic hydroxyl groups is 1. The third-order valence-electron chi connectivity index (χ3n) is 4.75. The second-order valence-corrected chi connectivity index (χ2v) is 6.80. The zero-order valence-electron chi connectivity index (χ0n) is 11.0. The summed E-state index contributed by atoms with van der Waals surface area (Å²) in [6, 6.07) is 1.90. The highest BCUT2D eigenvalue weighted by Gasteiger charge is 2.40. The van der Waals surface area contributed by atoms with E-state index in [1.54, 1.807) is 11.3 Å². The second-order valence-electron chi connectivity index (χ2n) is 6.02. The molecule has 1 aromatic heterocycles. The van der Waals surface area contributed by atoms with Gasteiger partial charge in [-0.05, 0) is 59.4 Å². The standard InChI is InChI=1S/C15H21NO2S/c17-14(12-3-4-19-9-12)8-16-15(18)7-13-6-10-1-2-11(13)5-10/h3-4,9-11,13-14,17H,1-2,5-8H2,(H,16,18). The number of hydrogen-bond acceptors (Lipinski definition) is 3. The van der Waals surface area contributed by atoms with Gasteiger partial charge in [-0.25, -0.2) is 0 Å². The molecular weight excluding hydrogens is 258 g/mol. The highest BCUT2D eigenvalue weighted by Crippen LogP contribution is 2.49. The summed E-state index contributed by atoms with van der Waals surface area (Å²) in [6.45, 7) is 0.330. The third-order valence-corrected chi connectivity index (χ3v) is 5.45. The molecule has 3 rings (SSSR count). The average molecular weight is 279 g/mol. The van der Waals surface area contributed by atoms with Gasteiger partial charge in [0.1, 0.15) is 0 Å². The Morgan fingerprint density at radius 3 is 3.00 bits per heavy atom. The number of thiophene rings is 1. The van der Waals surface area contributed by atoms with Crippen molar-refractivity contribution in [2.75, 3.05) is 6.54 Å². The van der Waals surface area contributed by atoms with E-state index in [4.69, 9.17) is 0 Å². The Morgan fingerprint density at radius 2 is 2.37 bits per heavy atom. The van der Waals surface area contributed by atoms with Crippen LogP contribution in [0.4, 0.5) is 0 Å². The fourth-order valence-corrected chi connectivity index (χ4v) is 4.44. The summed E-state index contributed by atoms with van der Waals surface area (Å²) in [6.07, 6.45) is 5.35. The van der Waals surface area contributed by atoms with Crippen LogP contribution < -0.4 is 5.32 Å². The van der Waals surface area contributed by atoms with Crippen LogP contribution in [0, 0.1) is 17.8 Å². The molecule has 4 unspecified atom stereocenters. The minimum atomic E-state index is -0.574. The summed E-state index contributed by atoms with van der Waals surface area (Å²) in [7, 11) is 0. The van der Waals surface area contributed by atoms with E-state index in [0.29, 0.717) is 18.9 Å². The first-order chi connectivity index (χ1) is 9.22. The number of rotatable bonds is 5. The number of amides is 1. The highest BCUT2D eigenvalue weighted by molar-refractivity contribution is 7.07. The van der Waals surface area contributed by atoms with Gasteiger partial charge < -0.3 is 10.4 Å². The maximum Gasteiger partial charge on any atom is 0.220 e. The molecule has 1 amide bonds. The summed E-state index contributed by atoms with van der Waals surface area (Å²) in [5.74, 6) is 2.38. The third kappa shape index (κ3) is 3.00. The lowest BCUT2D eigenvalue weighted by Gasteiger charge is -2.21. The van der Waals surface area contributed by atoms with Crippen molar-refractivity contribution in [3.8, 4) is 0 Å². The Balaban J connectivity index is 1.42. The van der Waals surface area contributed by atoms with Crippen LogP contribution >= 0.6 is 11.3 Å². The first kappa shape index (κ1) is 13.1. The van der Waals surface area contributed by atoms with E-state index in [-0.39, 0.29) is 5.91 Å². The lowest BCUT2D eigenvalue weighted by molar-refractivity contribution is -0.122. The quantitative estimate of drug-likeness (QED) is 0.870. The number of carbonyl (C=O) groups excluding carboxylic acids is 1. The molecule has 0 saturated heterocycles. The van der Waals surface area contributed by atoms with Crippen LogP contribution in [-0.2, 0) is 4.79 Å². The van der Waals surface area contributed by atoms with Gasteiger partial charge in [-0.3, -0.25) is 4.79 Å². The maximum absolute atomic E-state index is 11.9. The molecule has 1 heterocycles. The minimum absolute atomic E-state index is 0.104. The highest BCUT2D eigenvalue weighted by atomic mass is 32.1. The molecule has 0 aliphatic heterocycles. The lowest BCUT2D eigenvalue weighted by Crippen LogP contribution is -2.30. The molecule has 2 bridgehead atoms. The molecule has 2 fully saturated rings. The molecule has 2 aliphatic rings. The molecule has 2 aliphatic carbocycles. The summed E-state index contributed by atoms with van der Waals surface area (Å²) in [4.78, 5) is 11.9. The maximum atomic E-state index is 11.9. The van der Waals surface area contributed by atoms with Gasteiger partial charge in [0.2, 0.25) is 5.91 Å². The van der Waals surface area contributed by atoms with Crippen LogP contribution in [0.2, 0.25) is 0 Å². The van der Waals surface area contributed by atoms with E-state index < -0.39 is 6.10 Å². The Labute approximate surface area is 118 Å². The average Bonchev–Trinajstić information content (AvgIpc) is 3.12. The minimum Gasteiger partial charge on any atom is -0.387 e. The van der Waals surface area contributed by atoms with Gasteiger partial charge in [0.05, 0.1) is 6.10 Å². The Bertz CT molecular complexity index is 431. The first-order valence-electron chi connectivity index (χ1n) is 7.19. The van der Waals surface area contributed by atoms with Gasteiger partial charge >= 0.3 is 0 Å². The van der Waals surface area contributed by atoms with Gasteiger partial charge in [0, 0.05) is 13.0 Å². The predicted octanol–water partition coefficient (Wildman–Crippen LogP) is 2.72. The number of aliphatic hydroxyl groups excluding tert-OH is 1. The van der Waals surface area contributed by atoms with E-state index in [2.05, 4.69) is 5.32 Å². The largest absolute Gasteiger partial charge is 0.387 e. The van der Waals surface area contributed by atoms with Crippen LogP contribution in [0.5, 0.6) is 0 Å². The fraction of sp³-hybridized carbons (Fsp3) is 0.667. The molecule has 4 atom stereocenters. The van der Waals surface area contributed by atoms with Crippen LogP contribution in [0.1, 0.15) is 43.8 Å². The van der Waals surface area contributed by atoms with Gasteiger partial charge in [-0.2, -0.15) is 11.3 Å². The molecule has 0 spiro atoms. The SMILES string of the molecule is O=C(CC1CC2CCC1C2)NCC(O)c1ccsc1. The van der Waals surface area contributed by atoms with Crippen molar-refractivity contribution in [3.05, 3.63) is 22.4 Å². The Morgan fingerprint density at radius 1 is 1.47 bits per heavy atom. The van der Waals surface area contributed by atoms with Crippen LogP contribution in [0.25, 0.3) is 0 Å². The molecule has 104 valence electrons. The van der Waals surface area contributed by atoms with Crippen molar-refractivity contribution < 1.29 is 9.90 Å². The number of nitrogens with one attached hydrogen (secondary N) is 1. The Kier molecular flexibility index (Phi) is 3.89. The van der Waals surface area contributed by atoms with Gasteiger partial charge in [-0.15, -0.1) is 0 Å². The first-order valence-corrected chi connectivity index (χ1v) is 8.13. The van der Waals surface area contributed by atoms with Crippen molar-refractivity contribution in [3.63, 3.8) is 0 Å². The monoisotopic (exact) mass is 279 g/mol. The molecule has 2 N–H and O–H groups in total. The van der Waals surface area contributed by atoms with Crippen molar-refractivity contribution in [2.24, 2.45) is 17.8 Å². The van der Waals surface area contributed by atoms with Crippen molar-refractivity contribution >= 4 is 17.2 Å². The van der Waals surface area contributed by atoms with Crippen LogP contribution in [0.3, 0.4) is 0 Å². The van der Waals surface area contributed by atoms with Crippen LogP contribution in [0.15, 0.2) is 16.8 Å². The molecule has 0 radical (unpaired) electrons. The molecule has 2 saturated carbocycles. The predicted molar refractivity (Wildman–Crippen MR) is 75.8 cm³/mol. The molecule has 1 aromatic rings. The number of fused-ring (bicyclic) bond motifs is 2. The number of carbonyl (C=O) groups is 1. The van der Waals surface area contributed by atoms with E-state index >= 15 is 0 Å². The van der Waals surface area contributed by atoms with E-state index in [1.165, 1.54) is 25.7 Å². The van der Waals surface area contributed by atoms with Crippen molar-refractivity contribution in [1.29, 1.82) is 0 Å². The zero-order chi connectivity index (χ0) is 13.2. The molecule has 4 heteroatoms. The van der Waals surface area contributed by atoms with Gasteiger partial charge in [0.15, 0.2) is 0 Å². The summed E-state index contributed by atoms with van der Waals surface area (Å²) >= 11 is 1.56. The molecule has 3 nitrogen and oxygen atoms in total. The lowest BCUT2D eigenvalue weighted by atomic mass is 9.86. The second kappa shape index (κ2) is 5.63. The number of hydrogen-bond donors (Lipinski definition) is 2. The van der Waals surface area contributed by atoms with E-state index in [9.17, 15) is 9.90 Å². The topological polar surface area (TPSA) is 49.3 Å². The van der Waals surface area contributed by atoms with E-state index in [1.807, 2.05) is 16.8 Å². The summed E-state index contributed by atoms with van der Waals surface area (Å²) < 4.78 is 0. The van der Waals surface area contributed by atoms with Gasteiger partial charge in [0.25, 0.3) is 0 Å². The van der Waals surface area contributed by atoms with Crippen molar-refractivity contribution in [2.45, 2.75) is 38.2 Å². The molecule has 0 aromatic carbocycles. The zero-order valence-corrected chi connectivity index (χ0v) is 11.9. The van der Waals surface area contributed by atoms with Crippen molar-refractivity contribution in [1.82, 2.24) is 5.32 Å².